The predicted octanol–water partition coefficient (Wildman–Crippen LogP) is 2.94. The molecular weight excluding hydrogens is 415 g/mol. The molecular formula is C18H22Cl2N8O. The first kappa shape index (κ1) is 21.1. The molecule has 0 spiro atoms. The van der Waals surface area contributed by atoms with Crippen molar-refractivity contribution in [3.8, 4) is 0 Å². The number of carbonyl (C=O) groups is 1. The Morgan fingerprint density at radius 3 is 2.86 bits per heavy atom. The number of hydrogen-bond acceptors (Lipinski definition) is 6. The van der Waals surface area contributed by atoms with E-state index in [0.717, 1.165) is 17.8 Å². The third kappa shape index (κ3) is 5.68. The highest BCUT2D eigenvalue weighted by Gasteiger charge is 2.16. The summed E-state index contributed by atoms with van der Waals surface area (Å²) in [7, 11) is 0. The summed E-state index contributed by atoms with van der Waals surface area (Å²) in [5.74, 6) is 0.906. The first-order valence-corrected chi connectivity index (χ1v) is 10.1. The summed E-state index contributed by atoms with van der Waals surface area (Å²) in [6.45, 7) is 3.75. The molecule has 2 heterocycles. The molecule has 0 aliphatic carbocycles. The maximum Gasteiger partial charge on any atom is 0.271 e. The molecule has 0 fully saturated rings. The van der Waals surface area contributed by atoms with Gasteiger partial charge >= 0.3 is 0 Å². The fraction of sp³-hybridized carbons (Fsp3) is 0.389. The van der Waals surface area contributed by atoms with Crippen molar-refractivity contribution in [3.63, 3.8) is 0 Å². The van der Waals surface area contributed by atoms with Crippen LogP contribution in [0.2, 0.25) is 10.3 Å². The van der Waals surface area contributed by atoms with Crippen LogP contribution in [0.1, 0.15) is 41.6 Å². The van der Waals surface area contributed by atoms with Crippen LogP contribution in [0.25, 0.3) is 0 Å². The van der Waals surface area contributed by atoms with Gasteiger partial charge in [-0.1, -0.05) is 36.7 Å². The van der Waals surface area contributed by atoms with E-state index in [-0.39, 0.29) is 11.2 Å². The van der Waals surface area contributed by atoms with E-state index in [9.17, 15) is 4.79 Å². The largest absolute Gasteiger partial charge is 0.368 e. The summed E-state index contributed by atoms with van der Waals surface area (Å²) >= 11 is 12.1. The van der Waals surface area contributed by atoms with E-state index in [1.54, 1.807) is 4.68 Å². The Labute approximate surface area is 178 Å². The van der Waals surface area contributed by atoms with E-state index in [2.05, 4.69) is 36.1 Å². The molecule has 1 aromatic carbocycles. The molecule has 2 aromatic heterocycles. The number of hydrogen-bond donors (Lipinski definition) is 3. The van der Waals surface area contributed by atoms with Crippen molar-refractivity contribution in [2.24, 2.45) is 0 Å². The number of H-pyrrole nitrogens is 1. The van der Waals surface area contributed by atoms with Gasteiger partial charge in [0.2, 0.25) is 5.28 Å². The van der Waals surface area contributed by atoms with Crippen LogP contribution in [0.15, 0.2) is 24.3 Å². The molecule has 0 aliphatic heterocycles. The molecule has 1 amide bonds. The smallest absolute Gasteiger partial charge is 0.271 e. The molecule has 3 N–H and O–H groups in total. The lowest BCUT2D eigenvalue weighted by atomic mass is 10.1. The molecule has 0 radical (unpaired) electrons. The quantitative estimate of drug-likeness (QED) is 0.421. The zero-order valence-corrected chi connectivity index (χ0v) is 17.5. The van der Waals surface area contributed by atoms with E-state index in [1.807, 2.05) is 31.2 Å². The molecule has 154 valence electrons. The van der Waals surface area contributed by atoms with Gasteiger partial charge in [-0.15, -0.1) is 5.10 Å². The number of aryl methyl sites for hydroxylation is 1. The van der Waals surface area contributed by atoms with Gasteiger partial charge in [-0.2, -0.15) is 0 Å². The highest BCUT2D eigenvalue weighted by atomic mass is 35.5. The Morgan fingerprint density at radius 2 is 2.07 bits per heavy atom. The number of anilines is 1. The Bertz CT molecular complexity index is 955. The summed E-state index contributed by atoms with van der Waals surface area (Å²) < 4.78 is 1.72. The topological polar surface area (TPSA) is 113 Å². The lowest BCUT2D eigenvalue weighted by molar-refractivity contribution is 0.0949. The number of aromatic nitrogens is 6. The zero-order chi connectivity index (χ0) is 20.6. The SMILES string of the molecule is CCCNc1nc(Cl)[nH]c1C(=O)NCCCn1nnnc1Cc1ccccc1Cl. The van der Waals surface area contributed by atoms with Crippen molar-refractivity contribution in [1.82, 2.24) is 35.5 Å². The average molecular weight is 437 g/mol. The summed E-state index contributed by atoms with van der Waals surface area (Å²) in [4.78, 5) is 19.3. The van der Waals surface area contributed by atoms with Crippen LogP contribution in [0.5, 0.6) is 0 Å². The average Bonchev–Trinajstić information content (AvgIpc) is 3.31. The number of nitrogens with zero attached hydrogens (tertiary/aromatic N) is 5. The van der Waals surface area contributed by atoms with Crippen LogP contribution in [-0.4, -0.2) is 49.2 Å². The maximum atomic E-state index is 12.4. The Morgan fingerprint density at radius 1 is 1.24 bits per heavy atom. The maximum absolute atomic E-state index is 12.4. The van der Waals surface area contributed by atoms with Crippen molar-refractivity contribution in [2.45, 2.75) is 32.7 Å². The van der Waals surface area contributed by atoms with Crippen molar-refractivity contribution in [3.05, 3.63) is 51.7 Å². The number of benzene rings is 1. The summed E-state index contributed by atoms with van der Waals surface area (Å²) in [5, 5.41) is 18.6. The normalized spacial score (nSPS) is 10.9. The third-order valence-electron chi connectivity index (χ3n) is 4.19. The standard InChI is InChI=1S/C18H22Cl2N8O/c1-2-8-21-16-15(23-18(20)24-16)17(29)22-9-5-10-28-14(25-26-27-28)11-12-6-3-4-7-13(12)19/h3-4,6-7,21H,2,5,8-11H2,1H3,(H,22,29)(H,23,24). The van der Waals surface area contributed by atoms with Gasteiger partial charge in [-0.05, 0) is 46.5 Å². The van der Waals surface area contributed by atoms with E-state index in [0.29, 0.717) is 49.0 Å². The molecule has 0 aliphatic rings. The minimum atomic E-state index is -0.268. The predicted molar refractivity (Wildman–Crippen MR) is 111 cm³/mol. The van der Waals surface area contributed by atoms with Gasteiger partial charge in [-0.25, -0.2) is 9.67 Å². The summed E-state index contributed by atoms with van der Waals surface area (Å²) in [5.41, 5.74) is 1.28. The minimum absolute atomic E-state index is 0.173. The molecule has 29 heavy (non-hydrogen) atoms. The first-order chi connectivity index (χ1) is 14.1. The zero-order valence-electron chi connectivity index (χ0n) is 16.0. The number of nitrogens with one attached hydrogen (secondary N) is 3. The van der Waals surface area contributed by atoms with Gasteiger partial charge in [0, 0.05) is 31.1 Å². The number of amides is 1. The number of rotatable bonds is 10. The van der Waals surface area contributed by atoms with Gasteiger partial charge in [0.1, 0.15) is 5.69 Å². The minimum Gasteiger partial charge on any atom is -0.368 e. The van der Waals surface area contributed by atoms with Crippen molar-refractivity contribution < 1.29 is 4.79 Å². The van der Waals surface area contributed by atoms with Crippen molar-refractivity contribution in [2.75, 3.05) is 18.4 Å². The van der Waals surface area contributed by atoms with E-state index < -0.39 is 0 Å². The first-order valence-electron chi connectivity index (χ1n) is 9.34. The summed E-state index contributed by atoms with van der Waals surface area (Å²) in [6, 6.07) is 7.59. The van der Waals surface area contributed by atoms with E-state index >= 15 is 0 Å². The second-order valence-electron chi connectivity index (χ2n) is 6.37. The number of carbonyl (C=O) groups excluding carboxylic acids is 1. The van der Waals surface area contributed by atoms with Crippen molar-refractivity contribution >= 4 is 34.9 Å². The summed E-state index contributed by atoms with van der Waals surface area (Å²) in [6.07, 6.45) is 2.11. The van der Waals surface area contributed by atoms with Crippen LogP contribution < -0.4 is 10.6 Å². The molecule has 3 aromatic rings. The fourth-order valence-corrected chi connectivity index (χ4v) is 3.12. The number of imidazole rings is 1. The monoisotopic (exact) mass is 436 g/mol. The Kier molecular flexibility index (Phi) is 7.42. The Balaban J connectivity index is 1.51. The molecule has 3 rings (SSSR count). The van der Waals surface area contributed by atoms with Crippen LogP contribution in [0, 0.1) is 0 Å². The Hall–Kier alpha value is -2.65. The number of halogens is 2. The van der Waals surface area contributed by atoms with Crippen LogP contribution in [0.4, 0.5) is 5.82 Å². The lowest BCUT2D eigenvalue weighted by Crippen LogP contribution is -2.26. The second kappa shape index (κ2) is 10.2. The highest BCUT2D eigenvalue weighted by molar-refractivity contribution is 6.31. The number of tetrazole rings is 1. The van der Waals surface area contributed by atoms with Gasteiger partial charge in [0.15, 0.2) is 11.6 Å². The van der Waals surface area contributed by atoms with Crippen LogP contribution in [-0.2, 0) is 13.0 Å². The highest BCUT2D eigenvalue weighted by Crippen LogP contribution is 2.18. The van der Waals surface area contributed by atoms with Gasteiger partial charge in [0.25, 0.3) is 5.91 Å². The molecule has 0 bridgehead atoms. The molecule has 0 saturated carbocycles. The second-order valence-corrected chi connectivity index (χ2v) is 7.14. The van der Waals surface area contributed by atoms with Crippen LogP contribution >= 0.6 is 23.2 Å². The van der Waals surface area contributed by atoms with Gasteiger partial charge < -0.3 is 15.6 Å². The van der Waals surface area contributed by atoms with Crippen LogP contribution in [0.3, 0.4) is 0 Å². The van der Waals surface area contributed by atoms with E-state index in [1.165, 1.54) is 0 Å². The fourth-order valence-electron chi connectivity index (χ4n) is 2.73. The van der Waals surface area contributed by atoms with Crippen molar-refractivity contribution in [1.29, 1.82) is 0 Å². The number of aromatic amines is 1. The molecule has 0 saturated heterocycles. The molecule has 0 atom stereocenters. The van der Waals surface area contributed by atoms with Gasteiger partial charge in [0.05, 0.1) is 0 Å². The lowest BCUT2D eigenvalue weighted by Gasteiger charge is -2.08. The van der Waals surface area contributed by atoms with E-state index in [4.69, 9.17) is 23.2 Å². The molecule has 9 nitrogen and oxygen atoms in total. The van der Waals surface area contributed by atoms with Gasteiger partial charge in [-0.3, -0.25) is 4.79 Å². The third-order valence-corrected chi connectivity index (χ3v) is 4.74. The molecule has 0 unspecified atom stereocenters. The molecule has 11 heteroatoms.